The third kappa shape index (κ3) is 8.94. The van der Waals surface area contributed by atoms with Crippen LogP contribution in [0.5, 0.6) is 0 Å². The highest BCUT2D eigenvalue weighted by Gasteiger charge is 2.39. The Morgan fingerprint density at radius 1 is 1.23 bits per heavy atom. The maximum absolute atomic E-state index is 10.5. The fourth-order valence-electron chi connectivity index (χ4n) is 3.21. The number of aliphatic hydroxyl groups excluding tert-OH is 3. The number of allylic oxidation sites excluding steroid dienone is 2. The van der Waals surface area contributed by atoms with Crippen LogP contribution in [0.2, 0.25) is 0 Å². The number of hydrogen-bond donors (Lipinski definition) is 4. The molecule has 6 heteroatoms. The van der Waals surface area contributed by atoms with Crippen LogP contribution in [-0.2, 0) is 9.53 Å². The number of hydrogen-bond acceptors (Lipinski definition) is 5. The molecular formula is C20H34O6. The molecule has 0 aliphatic heterocycles. The quantitative estimate of drug-likeness (QED) is 0.293. The van der Waals surface area contributed by atoms with Crippen LogP contribution in [0.3, 0.4) is 0 Å². The average Bonchev–Trinajstić information content (AvgIpc) is 2.85. The third-order valence-corrected chi connectivity index (χ3v) is 4.74. The minimum absolute atomic E-state index is 0.106. The number of rotatable bonds is 13. The second kappa shape index (κ2) is 13.0. The molecule has 6 nitrogen and oxygen atoms in total. The summed E-state index contributed by atoms with van der Waals surface area (Å²) in [5.74, 6) is -1.11. The van der Waals surface area contributed by atoms with Gasteiger partial charge < -0.3 is 25.2 Å². The molecule has 0 amide bonds. The fraction of sp³-hybridized carbons (Fsp3) is 0.750. The third-order valence-electron chi connectivity index (χ3n) is 4.74. The Morgan fingerprint density at radius 2 is 2.00 bits per heavy atom. The number of carboxylic acids is 1. The zero-order valence-corrected chi connectivity index (χ0v) is 15.7. The Kier molecular flexibility index (Phi) is 11.4. The van der Waals surface area contributed by atoms with Crippen LogP contribution < -0.4 is 0 Å². The minimum atomic E-state index is -0.796. The van der Waals surface area contributed by atoms with Gasteiger partial charge in [0.25, 0.3) is 0 Å². The molecule has 0 saturated heterocycles. The van der Waals surface area contributed by atoms with Gasteiger partial charge in [0.15, 0.2) is 0 Å². The van der Waals surface area contributed by atoms with Crippen molar-refractivity contribution in [3.8, 4) is 0 Å². The monoisotopic (exact) mass is 370 g/mol. The van der Waals surface area contributed by atoms with Crippen LogP contribution in [0.1, 0.15) is 51.9 Å². The van der Waals surface area contributed by atoms with E-state index < -0.39 is 24.3 Å². The van der Waals surface area contributed by atoms with Gasteiger partial charge in [-0.1, -0.05) is 37.6 Å². The smallest absolute Gasteiger partial charge is 0.303 e. The first kappa shape index (κ1) is 22.8. The first-order valence-corrected chi connectivity index (χ1v) is 9.62. The maximum atomic E-state index is 10.5. The predicted octanol–water partition coefficient (Wildman–Crippen LogP) is 2.28. The largest absolute Gasteiger partial charge is 0.481 e. The first-order chi connectivity index (χ1) is 12.5. The molecule has 0 radical (unpaired) electrons. The summed E-state index contributed by atoms with van der Waals surface area (Å²) in [5.41, 5.74) is 0. The van der Waals surface area contributed by atoms with Gasteiger partial charge in [0, 0.05) is 25.4 Å². The molecule has 0 spiro atoms. The van der Waals surface area contributed by atoms with Crippen molar-refractivity contribution < 1.29 is 30.0 Å². The Bertz CT molecular complexity index is 448. The van der Waals surface area contributed by atoms with Crippen molar-refractivity contribution in [1.82, 2.24) is 0 Å². The van der Waals surface area contributed by atoms with Gasteiger partial charge in [-0.25, -0.2) is 0 Å². The first-order valence-electron chi connectivity index (χ1n) is 9.62. The van der Waals surface area contributed by atoms with Crippen molar-refractivity contribution in [2.75, 3.05) is 13.2 Å². The molecule has 0 heterocycles. The molecule has 4 N–H and O–H groups in total. The SMILES string of the molecule is CCCCOCC(O)/C=C/C1C(O)CC(O)C1C/C=C/CCCC(=O)O. The Morgan fingerprint density at radius 3 is 2.69 bits per heavy atom. The van der Waals surface area contributed by atoms with Crippen molar-refractivity contribution in [2.45, 2.75) is 70.2 Å². The van der Waals surface area contributed by atoms with Gasteiger partial charge in [-0.2, -0.15) is 0 Å². The van der Waals surface area contributed by atoms with Gasteiger partial charge >= 0.3 is 5.97 Å². The number of ether oxygens (including phenoxy) is 1. The van der Waals surface area contributed by atoms with E-state index in [1.807, 2.05) is 12.2 Å². The van der Waals surface area contributed by atoms with Gasteiger partial charge in [-0.05, 0) is 31.6 Å². The summed E-state index contributed by atoms with van der Waals surface area (Å²) in [6.07, 6.45) is 9.76. The highest BCUT2D eigenvalue weighted by atomic mass is 16.5. The van der Waals surface area contributed by atoms with Crippen molar-refractivity contribution in [2.24, 2.45) is 11.8 Å². The topological polar surface area (TPSA) is 107 Å². The predicted molar refractivity (Wildman–Crippen MR) is 99.7 cm³/mol. The maximum Gasteiger partial charge on any atom is 0.303 e. The molecule has 5 unspecified atom stereocenters. The van der Waals surface area contributed by atoms with Crippen LogP contribution in [0.15, 0.2) is 24.3 Å². The summed E-state index contributed by atoms with van der Waals surface area (Å²) in [6.45, 7) is 2.94. The van der Waals surface area contributed by atoms with E-state index in [9.17, 15) is 20.1 Å². The normalized spacial score (nSPS) is 27.5. The fourth-order valence-corrected chi connectivity index (χ4v) is 3.21. The lowest BCUT2D eigenvalue weighted by atomic mass is 9.89. The molecular weight excluding hydrogens is 336 g/mol. The van der Waals surface area contributed by atoms with Gasteiger partial charge in [0.2, 0.25) is 0 Å². The number of carbonyl (C=O) groups is 1. The minimum Gasteiger partial charge on any atom is -0.481 e. The van der Waals surface area contributed by atoms with Crippen molar-refractivity contribution >= 4 is 5.97 Å². The van der Waals surface area contributed by atoms with Crippen molar-refractivity contribution in [3.63, 3.8) is 0 Å². The second-order valence-corrected chi connectivity index (χ2v) is 6.99. The molecule has 150 valence electrons. The molecule has 1 saturated carbocycles. The molecule has 0 aromatic rings. The Balaban J connectivity index is 2.44. The highest BCUT2D eigenvalue weighted by Crippen LogP contribution is 2.36. The lowest BCUT2D eigenvalue weighted by Gasteiger charge is -2.19. The number of aliphatic carboxylic acids is 1. The summed E-state index contributed by atoms with van der Waals surface area (Å²) >= 11 is 0. The van der Waals surface area contributed by atoms with E-state index in [4.69, 9.17) is 9.84 Å². The molecule has 1 rings (SSSR count). The van der Waals surface area contributed by atoms with Crippen LogP contribution in [0, 0.1) is 11.8 Å². The van der Waals surface area contributed by atoms with E-state index in [-0.39, 0.29) is 24.9 Å². The summed E-state index contributed by atoms with van der Waals surface area (Å²) in [4.78, 5) is 10.5. The lowest BCUT2D eigenvalue weighted by molar-refractivity contribution is -0.137. The number of aliphatic hydroxyl groups is 3. The van der Waals surface area contributed by atoms with E-state index >= 15 is 0 Å². The van der Waals surface area contributed by atoms with Crippen molar-refractivity contribution in [3.05, 3.63) is 24.3 Å². The van der Waals surface area contributed by atoms with E-state index in [0.29, 0.717) is 32.3 Å². The van der Waals surface area contributed by atoms with Crippen LogP contribution in [0.4, 0.5) is 0 Å². The van der Waals surface area contributed by atoms with Gasteiger partial charge in [-0.15, -0.1) is 0 Å². The molecule has 0 aromatic heterocycles. The van der Waals surface area contributed by atoms with Crippen LogP contribution >= 0.6 is 0 Å². The Hall–Kier alpha value is -1.21. The summed E-state index contributed by atoms with van der Waals surface area (Å²) in [7, 11) is 0. The zero-order valence-electron chi connectivity index (χ0n) is 15.7. The summed E-state index contributed by atoms with van der Waals surface area (Å²) < 4.78 is 5.38. The summed E-state index contributed by atoms with van der Waals surface area (Å²) in [6, 6.07) is 0. The number of carboxylic acid groups (broad SMARTS) is 1. The average molecular weight is 370 g/mol. The van der Waals surface area contributed by atoms with Crippen molar-refractivity contribution in [1.29, 1.82) is 0 Å². The van der Waals surface area contributed by atoms with E-state index in [2.05, 4.69) is 6.92 Å². The number of unbranched alkanes of at least 4 members (excludes halogenated alkanes) is 2. The summed E-state index contributed by atoms with van der Waals surface area (Å²) in [5, 5.41) is 38.9. The molecule has 0 aromatic carbocycles. The van der Waals surface area contributed by atoms with Crippen LogP contribution in [-0.4, -0.2) is 57.9 Å². The molecule has 0 bridgehead atoms. The van der Waals surface area contributed by atoms with Gasteiger partial charge in [0.05, 0.1) is 24.9 Å². The molecule has 1 aliphatic carbocycles. The Labute approximate surface area is 156 Å². The molecule has 5 atom stereocenters. The molecule has 1 fully saturated rings. The van der Waals surface area contributed by atoms with E-state index in [1.54, 1.807) is 12.2 Å². The van der Waals surface area contributed by atoms with Crippen LogP contribution in [0.25, 0.3) is 0 Å². The second-order valence-electron chi connectivity index (χ2n) is 6.99. The highest BCUT2D eigenvalue weighted by molar-refractivity contribution is 5.66. The molecule has 26 heavy (non-hydrogen) atoms. The van der Waals surface area contributed by atoms with E-state index in [0.717, 1.165) is 12.8 Å². The molecule has 1 aliphatic rings. The standard InChI is InChI=1S/C20H34O6/c1-2-3-12-26-14-15(21)10-11-17-16(18(22)13-19(17)23)8-6-4-5-7-9-20(24)25/h4,6,10-11,15-19,21-23H,2-3,5,7-9,12-14H2,1H3,(H,24,25)/b6-4+,11-10+. The van der Waals surface area contributed by atoms with Gasteiger partial charge in [0.1, 0.15) is 0 Å². The lowest BCUT2D eigenvalue weighted by Crippen LogP contribution is -2.21. The zero-order chi connectivity index (χ0) is 19.4. The van der Waals surface area contributed by atoms with E-state index in [1.165, 1.54) is 0 Å². The van der Waals surface area contributed by atoms with Gasteiger partial charge in [-0.3, -0.25) is 4.79 Å².